The first-order chi connectivity index (χ1) is 11.5. The van der Waals surface area contributed by atoms with Gasteiger partial charge in [0.2, 0.25) is 0 Å². The van der Waals surface area contributed by atoms with Crippen molar-refractivity contribution in [2.45, 2.75) is 56.5 Å². The second-order valence-electron chi connectivity index (χ2n) is 7.18. The van der Waals surface area contributed by atoms with Gasteiger partial charge < -0.3 is 15.7 Å². The van der Waals surface area contributed by atoms with Gasteiger partial charge in [0.25, 0.3) is 11.8 Å². The quantitative estimate of drug-likeness (QED) is 0.891. The molecule has 1 aromatic rings. The lowest BCUT2D eigenvalue weighted by atomic mass is 9.84. The molecule has 1 atom stereocenters. The molecule has 0 spiro atoms. The predicted octanol–water partition coefficient (Wildman–Crippen LogP) is 2.19. The molecule has 2 aliphatic rings. The van der Waals surface area contributed by atoms with E-state index in [-0.39, 0.29) is 12.5 Å². The molecule has 3 N–H and O–H groups in total. The number of β-amino-alcohol motifs (C(OH)–C–C–N with tert-alkyl or cyclic N) is 1. The Balaban J connectivity index is 1.69. The molecule has 1 heterocycles. The second kappa shape index (κ2) is 6.93. The van der Waals surface area contributed by atoms with E-state index >= 15 is 0 Å². The fourth-order valence-corrected chi connectivity index (χ4v) is 3.93. The first kappa shape index (κ1) is 17.0. The van der Waals surface area contributed by atoms with E-state index in [0.29, 0.717) is 30.9 Å². The third kappa shape index (κ3) is 3.46. The number of amides is 2. The Morgan fingerprint density at radius 1 is 1.08 bits per heavy atom. The molecule has 130 valence electrons. The zero-order chi connectivity index (χ0) is 17.2. The Labute approximate surface area is 142 Å². The zero-order valence-corrected chi connectivity index (χ0v) is 14.0. The number of hydrogen-bond acceptors (Lipinski definition) is 3. The van der Waals surface area contributed by atoms with Crippen LogP contribution >= 0.6 is 0 Å². The topological polar surface area (TPSA) is 83.6 Å². The van der Waals surface area contributed by atoms with Gasteiger partial charge in [0.05, 0.1) is 6.54 Å². The molecule has 1 unspecified atom stereocenters. The van der Waals surface area contributed by atoms with Crippen LogP contribution in [0.5, 0.6) is 0 Å². The van der Waals surface area contributed by atoms with E-state index in [0.717, 1.165) is 0 Å². The summed E-state index contributed by atoms with van der Waals surface area (Å²) >= 11 is 0. The number of likely N-dealkylation sites (tertiary alicyclic amines) is 1. The Bertz CT molecular complexity index is 608. The van der Waals surface area contributed by atoms with E-state index in [9.17, 15) is 14.7 Å². The minimum atomic E-state index is -1.60. The van der Waals surface area contributed by atoms with Crippen molar-refractivity contribution in [3.63, 3.8) is 0 Å². The molecule has 0 radical (unpaired) electrons. The zero-order valence-electron chi connectivity index (χ0n) is 14.0. The molecule has 0 bridgehead atoms. The van der Waals surface area contributed by atoms with E-state index < -0.39 is 11.5 Å². The Kier molecular flexibility index (Phi) is 4.90. The molecule has 1 saturated heterocycles. The summed E-state index contributed by atoms with van der Waals surface area (Å²) in [5, 5.41) is 10.3. The summed E-state index contributed by atoms with van der Waals surface area (Å²) in [7, 11) is 0. The number of hydrogen-bond donors (Lipinski definition) is 2. The van der Waals surface area contributed by atoms with Gasteiger partial charge in [-0.25, -0.2) is 0 Å². The molecule has 2 amide bonds. The highest BCUT2D eigenvalue weighted by atomic mass is 16.3. The average Bonchev–Trinajstić information content (AvgIpc) is 2.62. The summed E-state index contributed by atoms with van der Waals surface area (Å²) in [6, 6.07) is 7.83. The molecule has 5 heteroatoms. The number of carbonyl (C=O) groups is 2. The van der Waals surface area contributed by atoms with E-state index in [2.05, 4.69) is 0 Å². The molecule has 0 aromatic heterocycles. The fourth-order valence-electron chi connectivity index (χ4n) is 3.93. The van der Waals surface area contributed by atoms with Crippen LogP contribution < -0.4 is 5.73 Å². The van der Waals surface area contributed by atoms with E-state index in [4.69, 9.17) is 5.73 Å². The third-order valence-corrected chi connectivity index (χ3v) is 5.45. The van der Waals surface area contributed by atoms with Crippen molar-refractivity contribution in [2.24, 2.45) is 5.73 Å². The maximum atomic E-state index is 12.7. The van der Waals surface area contributed by atoms with Gasteiger partial charge in [-0.2, -0.15) is 0 Å². The normalized spacial score (nSPS) is 25.5. The molecule has 24 heavy (non-hydrogen) atoms. The van der Waals surface area contributed by atoms with Crippen LogP contribution in [0.3, 0.4) is 0 Å². The van der Waals surface area contributed by atoms with Gasteiger partial charge >= 0.3 is 0 Å². The van der Waals surface area contributed by atoms with Crippen molar-refractivity contribution < 1.29 is 14.7 Å². The summed E-state index contributed by atoms with van der Waals surface area (Å²) in [5.74, 6) is -0.296. The summed E-state index contributed by atoms with van der Waals surface area (Å²) in [4.78, 5) is 25.6. The van der Waals surface area contributed by atoms with Crippen molar-refractivity contribution in [2.75, 3.05) is 13.1 Å². The molecule has 1 aliphatic carbocycles. The van der Waals surface area contributed by atoms with Gasteiger partial charge in [-0.1, -0.05) is 31.4 Å². The van der Waals surface area contributed by atoms with Crippen LogP contribution in [-0.2, 0) is 4.79 Å². The van der Waals surface area contributed by atoms with Crippen LogP contribution in [0.15, 0.2) is 24.3 Å². The Morgan fingerprint density at radius 3 is 2.38 bits per heavy atom. The first-order valence-electron chi connectivity index (χ1n) is 8.91. The third-order valence-electron chi connectivity index (χ3n) is 5.45. The van der Waals surface area contributed by atoms with Crippen molar-refractivity contribution >= 4 is 11.8 Å². The molecule has 3 rings (SSSR count). The van der Waals surface area contributed by atoms with Crippen molar-refractivity contribution in [3.05, 3.63) is 35.4 Å². The number of nitrogens with zero attached hydrogens (tertiary/aromatic N) is 1. The number of primary amides is 1. The maximum Gasteiger partial charge on any atom is 0.253 e. The number of rotatable bonds is 3. The van der Waals surface area contributed by atoms with Crippen LogP contribution in [-0.4, -0.2) is 40.5 Å². The molecule has 1 saturated carbocycles. The molecular formula is C19H26N2O3. The summed E-state index contributed by atoms with van der Waals surface area (Å²) < 4.78 is 0. The lowest BCUT2D eigenvalue weighted by Gasteiger charge is -2.37. The van der Waals surface area contributed by atoms with E-state index in [1.807, 2.05) is 24.3 Å². The lowest BCUT2D eigenvalue weighted by Crippen LogP contribution is -2.57. The first-order valence-corrected chi connectivity index (χ1v) is 8.91. The fraction of sp³-hybridized carbons (Fsp3) is 0.579. The highest BCUT2D eigenvalue weighted by Gasteiger charge is 2.40. The van der Waals surface area contributed by atoms with Crippen LogP contribution in [0, 0.1) is 0 Å². The SMILES string of the molecule is NC(=O)C1(O)CCCN(C(=O)c2ccc(C3CCCCC3)cc2)C1. The summed E-state index contributed by atoms with van der Waals surface area (Å²) in [5.41, 5.74) is 5.58. The maximum absolute atomic E-state index is 12.7. The molecule has 1 aromatic carbocycles. The van der Waals surface area contributed by atoms with Gasteiger partial charge in [-0.3, -0.25) is 9.59 Å². The second-order valence-corrected chi connectivity index (χ2v) is 7.18. The smallest absolute Gasteiger partial charge is 0.253 e. The largest absolute Gasteiger partial charge is 0.378 e. The van der Waals surface area contributed by atoms with Crippen molar-refractivity contribution in [3.8, 4) is 0 Å². The summed E-state index contributed by atoms with van der Waals surface area (Å²) in [6.45, 7) is 0.518. The molecule has 1 aliphatic heterocycles. The highest BCUT2D eigenvalue weighted by molar-refractivity contribution is 5.95. The number of aliphatic hydroxyl groups is 1. The number of piperidine rings is 1. The van der Waals surface area contributed by atoms with Crippen molar-refractivity contribution in [1.29, 1.82) is 0 Å². The number of benzene rings is 1. The van der Waals surface area contributed by atoms with Gasteiger partial charge in [0.1, 0.15) is 0 Å². The molecular weight excluding hydrogens is 304 g/mol. The van der Waals surface area contributed by atoms with Crippen molar-refractivity contribution in [1.82, 2.24) is 4.90 Å². The Hall–Kier alpha value is -1.88. The predicted molar refractivity (Wildman–Crippen MR) is 91.5 cm³/mol. The standard InChI is InChI=1S/C19H26N2O3/c20-18(23)19(24)11-4-12-21(13-19)17(22)16-9-7-15(8-10-16)14-5-2-1-3-6-14/h7-10,14,24H,1-6,11-13H2,(H2,20,23). The minimum Gasteiger partial charge on any atom is -0.378 e. The van der Waals surface area contributed by atoms with Crippen LogP contribution in [0.4, 0.5) is 0 Å². The highest BCUT2D eigenvalue weighted by Crippen LogP contribution is 2.32. The minimum absolute atomic E-state index is 0.0223. The van der Waals surface area contributed by atoms with Gasteiger partial charge in [-0.05, 0) is 49.3 Å². The van der Waals surface area contributed by atoms with Crippen LogP contribution in [0.1, 0.15) is 66.8 Å². The summed E-state index contributed by atoms with van der Waals surface area (Å²) in [6.07, 6.45) is 7.23. The van der Waals surface area contributed by atoms with Crippen LogP contribution in [0.25, 0.3) is 0 Å². The lowest BCUT2D eigenvalue weighted by molar-refractivity contribution is -0.140. The van der Waals surface area contributed by atoms with E-state index in [1.54, 1.807) is 0 Å². The van der Waals surface area contributed by atoms with Gasteiger partial charge in [-0.15, -0.1) is 0 Å². The monoisotopic (exact) mass is 330 g/mol. The van der Waals surface area contributed by atoms with Gasteiger partial charge in [0.15, 0.2) is 5.60 Å². The number of carbonyl (C=O) groups excluding carboxylic acids is 2. The van der Waals surface area contributed by atoms with Crippen LogP contribution in [0.2, 0.25) is 0 Å². The molecule has 5 nitrogen and oxygen atoms in total. The number of nitrogens with two attached hydrogens (primary N) is 1. The van der Waals surface area contributed by atoms with E-state index in [1.165, 1.54) is 42.6 Å². The van der Waals surface area contributed by atoms with Gasteiger partial charge in [0, 0.05) is 12.1 Å². The Morgan fingerprint density at radius 2 is 1.75 bits per heavy atom. The molecule has 2 fully saturated rings. The average molecular weight is 330 g/mol.